The van der Waals surface area contributed by atoms with Crippen LogP contribution in [0.1, 0.15) is 75.1 Å². The van der Waals surface area contributed by atoms with E-state index in [0.29, 0.717) is 29.1 Å². The van der Waals surface area contributed by atoms with Crippen LogP contribution in [0.15, 0.2) is 36.5 Å². The Kier molecular flexibility index (Phi) is 6.70. The molecule has 0 saturated heterocycles. The maximum Gasteiger partial charge on any atom is 0.274 e. The van der Waals surface area contributed by atoms with E-state index in [1.54, 1.807) is 13.2 Å². The van der Waals surface area contributed by atoms with Crippen molar-refractivity contribution >= 4 is 22.5 Å². The average molecular weight is 451 g/mol. The zero-order valence-corrected chi connectivity index (χ0v) is 20.0. The van der Waals surface area contributed by atoms with E-state index in [4.69, 9.17) is 9.84 Å². The average Bonchev–Trinajstić information content (AvgIpc) is 3.26. The SMILES string of the molecule is CCC(C)(C)c1cccc(C(=O)Nc2cc3cn([C@H]4CC[C@H](CO)CC4)nc3cc2OC)n1. The standard InChI is InChI=1S/C26H34N4O3/c1-5-26(2,3)24-8-6-7-20(27-24)25(32)28-22-13-18-15-30(29-21(18)14-23(22)33-4)19-11-9-17(16-31)10-12-19/h6-8,13-15,17,19,31H,5,9-12,16H2,1-4H3,(H,28,32)/t17-,19-. The van der Waals surface area contributed by atoms with Crippen molar-refractivity contribution in [3.05, 3.63) is 47.9 Å². The highest BCUT2D eigenvalue weighted by Gasteiger charge is 2.24. The number of nitrogens with zero attached hydrogens (tertiary/aromatic N) is 3. The van der Waals surface area contributed by atoms with E-state index in [-0.39, 0.29) is 17.9 Å². The molecule has 0 atom stereocenters. The van der Waals surface area contributed by atoms with E-state index in [1.807, 2.05) is 35.1 Å². The summed E-state index contributed by atoms with van der Waals surface area (Å²) in [7, 11) is 1.59. The van der Waals surface area contributed by atoms with Gasteiger partial charge in [0.25, 0.3) is 5.91 Å². The number of fused-ring (bicyclic) bond motifs is 1. The Morgan fingerprint density at radius 3 is 2.67 bits per heavy atom. The maximum atomic E-state index is 13.0. The van der Waals surface area contributed by atoms with E-state index < -0.39 is 0 Å². The van der Waals surface area contributed by atoms with Gasteiger partial charge < -0.3 is 15.2 Å². The zero-order chi connectivity index (χ0) is 23.6. The van der Waals surface area contributed by atoms with E-state index in [2.05, 4.69) is 31.1 Å². The first-order valence-corrected chi connectivity index (χ1v) is 11.8. The van der Waals surface area contributed by atoms with Crippen LogP contribution in [0.5, 0.6) is 5.75 Å². The summed E-state index contributed by atoms with van der Waals surface area (Å²) in [6, 6.07) is 9.69. The number of rotatable bonds is 7. The lowest BCUT2D eigenvalue weighted by molar-refractivity contribution is 0.102. The Balaban J connectivity index is 1.58. The number of carbonyl (C=O) groups excluding carboxylic acids is 1. The molecular formula is C26H34N4O3. The second-order valence-electron chi connectivity index (χ2n) is 9.68. The number of hydrogen-bond acceptors (Lipinski definition) is 5. The van der Waals surface area contributed by atoms with Gasteiger partial charge in [0.15, 0.2) is 0 Å². The van der Waals surface area contributed by atoms with Gasteiger partial charge in [-0.15, -0.1) is 0 Å². The van der Waals surface area contributed by atoms with Crippen LogP contribution in [-0.4, -0.2) is 39.5 Å². The second-order valence-corrected chi connectivity index (χ2v) is 9.68. The molecule has 7 heteroatoms. The predicted molar refractivity (Wildman–Crippen MR) is 130 cm³/mol. The van der Waals surface area contributed by atoms with E-state index in [9.17, 15) is 9.90 Å². The van der Waals surface area contributed by atoms with Crippen LogP contribution in [0.25, 0.3) is 10.9 Å². The van der Waals surface area contributed by atoms with Crippen LogP contribution in [0, 0.1) is 5.92 Å². The van der Waals surface area contributed by atoms with Gasteiger partial charge in [-0.25, -0.2) is 4.98 Å². The van der Waals surface area contributed by atoms with Crippen molar-refractivity contribution < 1.29 is 14.6 Å². The lowest BCUT2D eigenvalue weighted by Gasteiger charge is -2.27. The minimum atomic E-state index is -0.267. The van der Waals surface area contributed by atoms with Crippen molar-refractivity contribution in [1.29, 1.82) is 0 Å². The van der Waals surface area contributed by atoms with E-state index in [0.717, 1.165) is 48.7 Å². The molecule has 4 rings (SSSR count). The molecule has 2 N–H and O–H groups in total. The molecule has 1 aromatic carbocycles. The first kappa shape index (κ1) is 23.2. The number of carbonyl (C=O) groups is 1. The lowest BCUT2D eigenvalue weighted by atomic mass is 9.86. The highest BCUT2D eigenvalue weighted by molar-refractivity contribution is 6.05. The molecule has 1 aliphatic rings. The van der Waals surface area contributed by atoms with Crippen LogP contribution < -0.4 is 10.1 Å². The van der Waals surface area contributed by atoms with Crippen molar-refractivity contribution in [3.8, 4) is 5.75 Å². The monoisotopic (exact) mass is 450 g/mol. The van der Waals surface area contributed by atoms with Crippen LogP contribution >= 0.6 is 0 Å². The molecule has 1 saturated carbocycles. The van der Waals surface area contributed by atoms with Crippen LogP contribution in [0.3, 0.4) is 0 Å². The van der Waals surface area contributed by atoms with Crippen molar-refractivity contribution in [2.24, 2.45) is 5.92 Å². The first-order valence-electron chi connectivity index (χ1n) is 11.8. The first-order chi connectivity index (χ1) is 15.8. The highest BCUT2D eigenvalue weighted by Crippen LogP contribution is 2.35. The summed E-state index contributed by atoms with van der Waals surface area (Å²) in [5.74, 6) is 0.703. The molecule has 0 bridgehead atoms. The number of nitrogens with one attached hydrogen (secondary N) is 1. The highest BCUT2D eigenvalue weighted by atomic mass is 16.5. The Morgan fingerprint density at radius 1 is 1.24 bits per heavy atom. The van der Waals surface area contributed by atoms with Gasteiger partial charge in [-0.2, -0.15) is 5.10 Å². The number of aliphatic hydroxyl groups is 1. The van der Waals surface area contributed by atoms with Gasteiger partial charge >= 0.3 is 0 Å². The molecule has 0 spiro atoms. The molecule has 1 amide bonds. The maximum absolute atomic E-state index is 13.0. The third kappa shape index (κ3) is 4.88. The number of aromatic nitrogens is 3. The Morgan fingerprint density at radius 2 is 2.00 bits per heavy atom. The number of aliphatic hydroxyl groups excluding tert-OH is 1. The second kappa shape index (κ2) is 9.51. The topological polar surface area (TPSA) is 89.3 Å². The molecule has 176 valence electrons. The van der Waals surface area contributed by atoms with Gasteiger partial charge in [0, 0.05) is 35.4 Å². The summed E-state index contributed by atoms with van der Waals surface area (Å²) in [6.07, 6.45) is 7.02. The van der Waals surface area contributed by atoms with E-state index in [1.165, 1.54) is 0 Å². The number of pyridine rings is 1. The zero-order valence-electron chi connectivity index (χ0n) is 20.0. The van der Waals surface area contributed by atoms with Gasteiger partial charge in [0.2, 0.25) is 0 Å². The molecule has 0 unspecified atom stereocenters. The van der Waals surface area contributed by atoms with E-state index >= 15 is 0 Å². The summed E-state index contributed by atoms with van der Waals surface area (Å²) in [5.41, 5.74) is 2.61. The molecule has 1 fully saturated rings. The summed E-state index contributed by atoms with van der Waals surface area (Å²) in [5, 5.41) is 18.1. The molecule has 0 aliphatic heterocycles. The number of ether oxygens (including phenoxy) is 1. The third-order valence-corrected chi connectivity index (χ3v) is 7.10. The molecule has 3 aromatic rings. The number of benzene rings is 1. The molecule has 1 aliphatic carbocycles. The minimum absolute atomic E-state index is 0.0994. The molecule has 2 aromatic heterocycles. The van der Waals surface area contributed by atoms with Crippen molar-refractivity contribution in [3.63, 3.8) is 0 Å². The summed E-state index contributed by atoms with van der Waals surface area (Å²) >= 11 is 0. The fraction of sp³-hybridized carbons (Fsp3) is 0.500. The van der Waals surface area contributed by atoms with Crippen molar-refractivity contribution in [1.82, 2.24) is 14.8 Å². The quantitative estimate of drug-likeness (QED) is 0.522. The normalized spacial score (nSPS) is 18.9. The number of anilines is 1. The largest absolute Gasteiger partial charge is 0.494 e. The Bertz CT molecular complexity index is 1130. The van der Waals surface area contributed by atoms with Crippen molar-refractivity contribution in [2.75, 3.05) is 19.0 Å². The van der Waals surface area contributed by atoms with Gasteiger partial charge in [-0.1, -0.05) is 26.8 Å². The summed E-state index contributed by atoms with van der Waals surface area (Å²) < 4.78 is 7.59. The van der Waals surface area contributed by atoms with Crippen LogP contribution in [-0.2, 0) is 5.41 Å². The smallest absolute Gasteiger partial charge is 0.274 e. The van der Waals surface area contributed by atoms with Gasteiger partial charge in [-0.05, 0) is 56.2 Å². The molecule has 0 radical (unpaired) electrons. The van der Waals surface area contributed by atoms with Crippen LogP contribution in [0.2, 0.25) is 0 Å². The fourth-order valence-electron chi connectivity index (χ4n) is 4.42. The Labute approximate surface area is 195 Å². The number of hydrogen-bond donors (Lipinski definition) is 2. The van der Waals surface area contributed by atoms with Gasteiger partial charge in [0.1, 0.15) is 11.4 Å². The summed E-state index contributed by atoms with van der Waals surface area (Å²) in [4.78, 5) is 17.6. The molecular weight excluding hydrogens is 416 g/mol. The fourth-order valence-corrected chi connectivity index (χ4v) is 4.42. The van der Waals surface area contributed by atoms with Gasteiger partial charge in [-0.3, -0.25) is 9.48 Å². The van der Waals surface area contributed by atoms with Crippen LogP contribution in [0.4, 0.5) is 5.69 Å². The molecule has 7 nitrogen and oxygen atoms in total. The minimum Gasteiger partial charge on any atom is -0.494 e. The van der Waals surface area contributed by atoms with Gasteiger partial charge in [0.05, 0.1) is 24.4 Å². The number of methoxy groups -OCH3 is 1. The lowest BCUT2D eigenvalue weighted by Crippen LogP contribution is -2.21. The molecule has 33 heavy (non-hydrogen) atoms. The molecule has 2 heterocycles. The van der Waals surface area contributed by atoms with Crippen molar-refractivity contribution in [2.45, 2.75) is 64.3 Å². The summed E-state index contributed by atoms with van der Waals surface area (Å²) in [6.45, 7) is 6.64. The predicted octanol–water partition coefficient (Wildman–Crippen LogP) is 5.10. The third-order valence-electron chi connectivity index (χ3n) is 7.10. The number of amides is 1. The Hall–Kier alpha value is -2.93.